The average molecular weight is 788 g/mol. The Balaban J connectivity index is 4.37. The summed E-state index contributed by atoms with van der Waals surface area (Å²) < 4.78 is 32.6. The van der Waals surface area contributed by atoms with Gasteiger partial charge in [0.25, 0.3) is 0 Å². The fourth-order valence-electron chi connectivity index (χ4n) is 4.92. The molecular formula is C45H74NO8P. The highest BCUT2D eigenvalue weighted by molar-refractivity contribution is 7.47. The lowest BCUT2D eigenvalue weighted by Crippen LogP contribution is -2.29. The predicted octanol–water partition coefficient (Wildman–Crippen LogP) is 11.8. The van der Waals surface area contributed by atoms with Gasteiger partial charge in [-0.3, -0.25) is 18.6 Å². The van der Waals surface area contributed by atoms with Crippen molar-refractivity contribution in [1.29, 1.82) is 0 Å². The number of allylic oxidation sites excluding steroid dienone is 16. The predicted molar refractivity (Wildman–Crippen MR) is 228 cm³/mol. The fraction of sp³-hybridized carbons (Fsp3) is 0.600. The van der Waals surface area contributed by atoms with E-state index >= 15 is 0 Å². The molecule has 0 heterocycles. The van der Waals surface area contributed by atoms with Crippen molar-refractivity contribution < 1.29 is 37.6 Å². The smallest absolute Gasteiger partial charge is 0.462 e. The molecule has 2 atom stereocenters. The largest absolute Gasteiger partial charge is 0.472 e. The average Bonchev–Trinajstić information content (AvgIpc) is 3.17. The molecule has 0 aromatic rings. The van der Waals surface area contributed by atoms with Crippen molar-refractivity contribution in [2.24, 2.45) is 5.73 Å². The number of unbranched alkanes of at least 4 members (excludes halogenated alkanes) is 8. The topological polar surface area (TPSA) is 134 Å². The third-order valence-corrected chi connectivity index (χ3v) is 8.95. The van der Waals surface area contributed by atoms with Gasteiger partial charge in [-0.1, -0.05) is 143 Å². The van der Waals surface area contributed by atoms with E-state index in [0.29, 0.717) is 12.8 Å². The number of esters is 2. The van der Waals surface area contributed by atoms with Crippen LogP contribution in [0.4, 0.5) is 0 Å². The van der Waals surface area contributed by atoms with E-state index in [2.05, 4.69) is 98.9 Å². The van der Waals surface area contributed by atoms with Crippen molar-refractivity contribution in [2.45, 2.75) is 148 Å². The third kappa shape index (κ3) is 40.4. The molecule has 10 heteroatoms. The lowest BCUT2D eigenvalue weighted by Gasteiger charge is -2.19. The van der Waals surface area contributed by atoms with Crippen LogP contribution in [0.15, 0.2) is 97.2 Å². The number of rotatable bonds is 37. The molecule has 0 bridgehead atoms. The summed E-state index contributed by atoms with van der Waals surface area (Å²) in [5, 5.41) is 0. The van der Waals surface area contributed by atoms with Gasteiger partial charge in [-0.05, 0) is 83.5 Å². The molecule has 2 unspecified atom stereocenters. The first-order valence-electron chi connectivity index (χ1n) is 20.7. The normalized spacial score (nSPS) is 14.3. The molecule has 55 heavy (non-hydrogen) atoms. The maximum Gasteiger partial charge on any atom is 0.472 e. The van der Waals surface area contributed by atoms with Gasteiger partial charge in [0.1, 0.15) is 6.61 Å². The van der Waals surface area contributed by atoms with E-state index in [0.717, 1.165) is 77.0 Å². The summed E-state index contributed by atoms with van der Waals surface area (Å²) in [7, 11) is -4.41. The van der Waals surface area contributed by atoms with Gasteiger partial charge in [-0.2, -0.15) is 0 Å². The second kappa shape index (κ2) is 40.6. The zero-order valence-corrected chi connectivity index (χ0v) is 35.0. The maximum absolute atomic E-state index is 12.5. The van der Waals surface area contributed by atoms with E-state index in [1.807, 2.05) is 12.2 Å². The molecule has 3 N–H and O–H groups in total. The van der Waals surface area contributed by atoms with Crippen LogP contribution in [0.5, 0.6) is 0 Å². The molecule has 0 aliphatic rings. The first-order valence-corrected chi connectivity index (χ1v) is 22.2. The number of ether oxygens (including phenoxy) is 2. The molecule has 0 spiro atoms. The molecule has 0 aliphatic carbocycles. The van der Waals surface area contributed by atoms with Crippen LogP contribution in [0.2, 0.25) is 0 Å². The number of hydrogen-bond acceptors (Lipinski definition) is 8. The summed E-state index contributed by atoms with van der Waals surface area (Å²) in [4.78, 5) is 34.8. The Hall–Kier alpha value is -3.07. The van der Waals surface area contributed by atoms with E-state index in [1.165, 1.54) is 25.7 Å². The Morgan fingerprint density at radius 2 is 1.04 bits per heavy atom. The number of carbonyl (C=O) groups excluding carboxylic acids is 2. The van der Waals surface area contributed by atoms with Gasteiger partial charge in [0.15, 0.2) is 6.10 Å². The quantitative estimate of drug-likeness (QED) is 0.0273. The van der Waals surface area contributed by atoms with Crippen molar-refractivity contribution in [2.75, 3.05) is 26.4 Å². The molecule has 0 aliphatic heterocycles. The van der Waals surface area contributed by atoms with Gasteiger partial charge in [-0.25, -0.2) is 4.57 Å². The van der Waals surface area contributed by atoms with Crippen LogP contribution in [0.25, 0.3) is 0 Å². The van der Waals surface area contributed by atoms with Gasteiger partial charge in [0.05, 0.1) is 13.2 Å². The van der Waals surface area contributed by atoms with Crippen molar-refractivity contribution in [1.82, 2.24) is 0 Å². The summed E-state index contributed by atoms with van der Waals surface area (Å²) in [6, 6.07) is 0. The van der Waals surface area contributed by atoms with Gasteiger partial charge in [0.2, 0.25) is 0 Å². The summed E-state index contributed by atoms with van der Waals surface area (Å²) in [5.41, 5.74) is 5.33. The molecule has 0 radical (unpaired) electrons. The van der Waals surface area contributed by atoms with E-state index in [-0.39, 0.29) is 32.6 Å². The summed E-state index contributed by atoms with van der Waals surface area (Å²) >= 11 is 0. The molecule has 0 rings (SSSR count). The van der Waals surface area contributed by atoms with Crippen molar-refractivity contribution in [3.63, 3.8) is 0 Å². The second-order valence-electron chi connectivity index (χ2n) is 13.1. The van der Waals surface area contributed by atoms with Gasteiger partial charge in [0, 0.05) is 19.4 Å². The first kappa shape index (κ1) is 51.9. The Morgan fingerprint density at radius 3 is 1.56 bits per heavy atom. The Bertz CT molecular complexity index is 1220. The molecule has 9 nitrogen and oxygen atoms in total. The molecule has 0 saturated carbocycles. The number of phosphoric acid groups is 1. The molecule has 0 aromatic heterocycles. The number of carbonyl (C=O) groups is 2. The van der Waals surface area contributed by atoms with Crippen LogP contribution < -0.4 is 5.73 Å². The Labute approximate surface area is 334 Å². The van der Waals surface area contributed by atoms with E-state index < -0.39 is 32.5 Å². The minimum Gasteiger partial charge on any atom is -0.462 e. The van der Waals surface area contributed by atoms with Gasteiger partial charge in [-0.15, -0.1) is 0 Å². The van der Waals surface area contributed by atoms with Crippen LogP contribution in [-0.2, 0) is 32.7 Å². The highest BCUT2D eigenvalue weighted by atomic mass is 31.2. The highest BCUT2D eigenvalue weighted by Crippen LogP contribution is 2.43. The zero-order valence-electron chi connectivity index (χ0n) is 34.1. The number of hydrogen-bond donors (Lipinski definition) is 2. The van der Waals surface area contributed by atoms with E-state index in [1.54, 1.807) is 0 Å². The molecule has 0 amide bonds. The SMILES string of the molecule is CCC=CCC=CCC=CCCCCCCCC(=O)OCC(COP(=O)(O)OCCN)OC(=O)CCC=CCC=CCC=CCC=CCC=CCCCCC. The van der Waals surface area contributed by atoms with Crippen LogP contribution >= 0.6 is 7.82 Å². The van der Waals surface area contributed by atoms with Crippen LogP contribution in [-0.4, -0.2) is 49.3 Å². The third-order valence-electron chi connectivity index (χ3n) is 7.97. The van der Waals surface area contributed by atoms with E-state index in [9.17, 15) is 19.0 Å². The highest BCUT2D eigenvalue weighted by Gasteiger charge is 2.25. The molecular weight excluding hydrogens is 713 g/mol. The lowest BCUT2D eigenvalue weighted by atomic mass is 10.1. The standard InChI is InChI=1S/C45H74NO8P/c1-3-5-7-9-11-13-15-17-19-20-21-22-24-26-28-30-32-34-36-38-45(48)54-43(42-53-55(49,50)52-40-39-46)41-51-44(47)37-35-33-31-29-27-25-23-18-16-14-12-10-8-6-4-2/h6,8,11-14,17-19,21-23,26,28,32,34,43H,3-5,7,9-10,15-16,20,24-25,27,29-31,33,35-42,46H2,1-2H3,(H,49,50). The number of phosphoric ester groups is 1. The second-order valence-corrected chi connectivity index (χ2v) is 14.6. The molecule has 0 fully saturated rings. The van der Waals surface area contributed by atoms with Crippen molar-refractivity contribution >= 4 is 19.8 Å². The Morgan fingerprint density at radius 1 is 0.564 bits per heavy atom. The van der Waals surface area contributed by atoms with Crippen molar-refractivity contribution in [3.8, 4) is 0 Å². The maximum atomic E-state index is 12.5. The monoisotopic (exact) mass is 788 g/mol. The van der Waals surface area contributed by atoms with Gasteiger partial charge < -0.3 is 20.1 Å². The van der Waals surface area contributed by atoms with Crippen LogP contribution in [0, 0.1) is 0 Å². The summed E-state index contributed by atoms with van der Waals surface area (Å²) in [5.74, 6) is -0.956. The lowest BCUT2D eigenvalue weighted by molar-refractivity contribution is -0.161. The van der Waals surface area contributed by atoms with Gasteiger partial charge >= 0.3 is 19.8 Å². The summed E-state index contributed by atoms with van der Waals surface area (Å²) in [6.45, 7) is 3.45. The van der Waals surface area contributed by atoms with E-state index in [4.69, 9.17) is 24.3 Å². The molecule has 0 saturated heterocycles. The zero-order chi connectivity index (χ0) is 40.3. The Kier molecular flexibility index (Phi) is 38.3. The minimum atomic E-state index is -4.41. The minimum absolute atomic E-state index is 0.0341. The molecule has 0 aromatic carbocycles. The number of nitrogens with two attached hydrogens (primary N) is 1. The first-order chi connectivity index (χ1) is 26.8. The fourth-order valence-corrected chi connectivity index (χ4v) is 5.69. The summed E-state index contributed by atoms with van der Waals surface area (Å²) in [6.07, 6.45) is 51.6. The van der Waals surface area contributed by atoms with Crippen LogP contribution in [0.3, 0.4) is 0 Å². The molecule has 312 valence electrons. The van der Waals surface area contributed by atoms with Crippen LogP contribution in [0.1, 0.15) is 142 Å². The van der Waals surface area contributed by atoms with Crippen molar-refractivity contribution in [3.05, 3.63) is 97.2 Å².